The Morgan fingerprint density at radius 1 is 0.979 bits per heavy atom. The largest absolute Gasteiger partial charge is 0.490 e. The van der Waals surface area contributed by atoms with Crippen LogP contribution >= 0.6 is 49.6 Å². The molecule has 0 spiro atoms. The highest BCUT2D eigenvalue weighted by atomic mass is 35.5. The van der Waals surface area contributed by atoms with Gasteiger partial charge in [-0.2, -0.15) is 0 Å². The maximum Gasteiger partial charge on any atom is 0.231 e. The van der Waals surface area contributed by atoms with Gasteiger partial charge in [-0.05, 0) is 70.1 Å². The fraction of sp³-hybridized carbons (Fsp3) is 0.548. The highest BCUT2D eigenvalue weighted by molar-refractivity contribution is 7.91. The van der Waals surface area contributed by atoms with Crippen LogP contribution in [0.25, 0.3) is 10.9 Å². The topological polar surface area (TPSA) is 127 Å². The van der Waals surface area contributed by atoms with Gasteiger partial charge in [0.1, 0.15) is 22.0 Å². The van der Waals surface area contributed by atoms with Crippen LogP contribution in [-0.2, 0) is 16.4 Å². The zero-order chi connectivity index (χ0) is 30.5. The van der Waals surface area contributed by atoms with Crippen LogP contribution in [0.3, 0.4) is 0 Å². The minimum atomic E-state index is -2.97. The summed E-state index contributed by atoms with van der Waals surface area (Å²) in [5.74, 6) is 3.32. The smallest absolute Gasteiger partial charge is 0.231 e. The third-order valence-electron chi connectivity index (χ3n) is 8.45. The number of anilines is 2. The Kier molecular flexibility index (Phi) is 16.8. The zero-order valence-electron chi connectivity index (χ0n) is 27.1. The van der Waals surface area contributed by atoms with Crippen molar-refractivity contribution in [1.82, 2.24) is 25.1 Å². The highest BCUT2D eigenvalue weighted by Crippen LogP contribution is 2.44. The number of sulfone groups is 1. The normalized spacial score (nSPS) is 17.4. The minimum Gasteiger partial charge on any atom is -0.490 e. The number of nitrogens with zero attached hydrogens (tertiary/aromatic N) is 4. The van der Waals surface area contributed by atoms with Crippen LogP contribution in [0.1, 0.15) is 31.2 Å². The summed E-state index contributed by atoms with van der Waals surface area (Å²) >= 11 is 0. The maximum absolute atomic E-state index is 11.9. The van der Waals surface area contributed by atoms with Crippen molar-refractivity contribution in [1.29, 1.82) is 0 Å². The van der Waals surface area contributed by atoms with Crippen LogP contribution < -0.4 is 29.6 Å². The Bertz CT molecular complexity index is 1580. The molecular weight excluding hydrogens is 726 g/mol. The second kappa shape index (κ2) is 19.2. The summed E-state index contributed by atoms with van der Waals surface area (Å²) in [5, 5.41) is 7.65. The van der Waals surface area contributed by atoms with Crippen LogP contribution in [0.5, 0.6) is 23.0 Å². The first-order chi connectivity index (χ1) is 21.3. The first-order valence-corrected chi connectivity index (χ1v) is 17.3. The van der Waals surface area contributed by atoms with Gasteiger partial charge in [-0.1, -0.05) is 6.07 Å². The van der Waals surface area contributed by atoms with Crippen LogP contribution in [0.2, 0.25) is 0 Å². The van der Waals surface area contributed by atoms with E-state index in [1.165, 1.54) is 6.26 Å². The van der Waals surface area contributed by atoms with E-state index in [1.54, 1.807) is 6.33 Å². The fourth-order valence-electron chi connectivity index (χ4n) is 5.96. The van der Waals surface area contributed by atoms with Gasteiger partial charge in [0.2, 0.25) is 6.79 Å². The van der Waals surface area contributed by atoms with Gasteiger partial charge in [0, 0.05) is 43.9 Å². The lowest BCUT2D eigenvalue weighted by atomic mass is 10.1. The Morgan fingerprint density at radius 2 is 1.77 bits per heavy atom. The Labute approximate surface area is 307 Å². The third-order valence-corrected chi connectivity index (χ3v) is 10.1. The van der Waals surface area contributed by atoms with Gasteiger partial charge in [-0.3, -0.25) is 0 Å². The maximum atomic E-state index is 11.9. The number of halogens is 4. The van der Waals surface area contributed by atoms with Gasteiger partial charge >= 0.3 is 0 Å². The fourth-order valence-corrected chi connectivity index (χ4v) is 7.03. The summed E-state index contributed by atoms with van der Waals surface area (Å²) in [6.07, 6.45) is 5.95. The summed E-state index contributed by atoms with van der Waals surface area (Å²) in [6, 6.07) is 7.90. The molecule has 0 radical (unpaired) electrons. The molecule has 1 aromatic heterocycles. The van der Waals surface area contributed by atoms with Gasteiger partial charge < -0.3 is 39.4 Å². The van der Waals surface area contributed by atoms with Crippen LogP contribution in [0.4, 0.5) is 11.5 Å². The van der Waals surface area contributed by atoms with Gasteiger partial charge in [-0.25, -0.2) is 18.4 Å². The molecule has 0 unspecified atom stereocenters. The molecule has 2 N–H and O–H groups in total. The lowest BCUT2D eigenvalue weighted by Gasteiger charge is -2.30. The summed E-state index contributed by atoms with van der Waals surface area (Å²) < 4.78 is 47.9. The molecule has 270 valence electrons. The van der Waals surface area contributed by atoms with Gasteiger partial charge in [0.25, 0.3) is 0 Å². The number of rotatable bonds is 6. The number of likely N-dealkylation sites (tertiary alicyclic amines) is 1. The first kappa shape index (κ1) is 41.9. The number of nitrogens with one attached hydrogen (secondary N) is 2. The SMILES string of the molecule is CN1CCNCCCOc2cc3c(ncnc3cc2OCCCN2CCC(S(C)(=O)=O)CC2)Nc2c(ccc3c2OCO3)C1.Cl.Cl.Cl.Cl. The average Bonchev–Trinajstić information content (AvgIpc) is 3.49. The lowest BCUT2D eigenvalue weighted by molar-refractivity contribution is 0.174. The molecule has 0 atom stereocenters. The number of piperidine rings is 1. The van der Waals surface area contributed by atoms with Gasteiger partial charge in [-0.15, -0.1) is 49.6 Å². The first-order valence-electron chi connectivity index (χ1n) is 15.4. The van der Waals surface area contributed by atoms with E-state index >= 15 is 0 Å². The quantitative estimate of drug-likeness (QED) is 0.332. The monoisotopic (exact) mass is 770 g/mol. The van der Waals surface area contributed by atoms with E-state index in [2.05, 4.69) is 43.5 Å². The van der Waals surface area contributed by atoms with E-state index in [-0.39, 0.29) is 61.7 Å². The van der Waals surface area contributed by atoms with Gasteiger partial charge in [0.05, 0.1) is 29.7 Å². The molecule has 48 heavy (non-hydrogen) atoms. The number of aromatic nitrogens is 2. The second-order valence-electron chi connectivity index (χ2n) is 11.8. The van der Waals surface area contributed by atoms with E-state index in [4.69, 9.17) is 18.9 Å². The van der Waals surface area contributed by atoms with E-state index in [0.717, 1.165) is 80.8 Å². The van der Waals surface area contributed by atoms with Crippen molar-refractivity contribution >= 4 is 81.9 Å². The molecular formula is C31H46Cl4N6O6S. The molecule has 3 aliphatic rings. The molecule has 0 aliphatic carbocycles. The molecule has 1 saturated heterocycles. The predicted octanol–water partition coefficient (Wildman–Crippen LogP) is 4.87. The number of fused-ring (bicyclic) bond motifs is 4. The number of hydrogen-bond acceptors (Lipinski definition) is 12. The highest BCUT2D eigenvalue weighted by Gasteiger charge is 2.27. The van der Waals surface area contributed by atoms with Crippen LogP contribution in [0, 0.1) is 0 Å². The molecule has 0 amide bonds. The molecule has 4 heterocycles. The van der Waals surface area contributed by atoms with Crippen LogP contribution in [-0.4, -0.2) is 106 Å². The van der Waals surface area contributed by atoms with E-state index in [9.17, 15) is 8.42 Å². The zero-order valence-corrected chi connectivity index (χ0v) is 31.2. The Balaban J connectivity index is 0.00000200. The Morgan fingerprint density at radius 3 is 2.54 bits per heavy atom. The minimum absolute atomic E-state index is 0. The molecule has 2 aromatic carbocycles. The second-order valence-corrected chi connectivity index (χ2v) is 14.1. The molecule has 6 rings (SSSR count). The summed E-state index contributed by atoms with van der Waals surface area (Å²) in [6.45, 7) is 7.00. The van der Waals surface area contributed by atoms with E-state index in [0.29, 0.717) is 54.9 Å². The molecule has 3 aromatic rings. The average molecular weight is 773 g/mol. The predicted molar refractivity (Wildman–Crippen MR) is 198 cm³/mol. The molecule has 0 saturated carbocycles. The van der Waals surface area contributed by atoms with Crippen molar-refractivity contribution in [3.05, 3.63) is 36.2 Å². The number of ether oxygens (including phenoxy) is 4. The van der Waals surface area contributed by atoms with Crippen molar-refractivity contribution in [2.45, 2.75) is 37.5 Å². The lowest BCUT2D eigenvalue weighted by Crippen LogP contribution is -2.39. The molecule has 12 nitrogen and oxygen atoms in total. The summed E-state index contributed by atoms with van der Waals surface area (Å²) in [5.41, 5.74) is 2.64. The van der Waals surface area contributed by atoms with Crippen molar-refractivity contribution in [2.24, 2.45) is 0 Å². The van der Waals surface area contributed by atoms with E-state index in [1.807, 2.05) is 18.2 Å². The van der Waals surface area contributed by atoms with Crippen molar-refractivity contribution in [3.63, 3.8) is 0 Å². The number of likely N-dealkylation sites (N-methyl/N-ethyl adjacent to an activating group) is 1. The Hall–Kier alpha value is -2.23. The molecule has 3 aliphatic heterocycles. The number of hydrogen-bond donors (Lipinski definition) is 2. The van der Waals surface area contributed by atoms with Gasteiger partial charge in [0.15, 0.2) is 23.0 Å². The molecule has 17 heteroatoms. The number of benzene rings is 2. The van der Waals surface area contributed by atoms with Crippen molar-refractivity contribution in [3.8, 4) is 23.0 Å². The summed E-state index contributed by atoms with van der Waals surface area (Å²) in [4.78, 5) is 13.8. The molecule has 2 bridgehead atoms. The van der Waals surface area contributed by atoms with Crippen molar-refractivity contribution in [2.75, 3.05) is 77.9 Å². The molecule has 1 fully saturated rings. The van der Waals surface area contributed by atoms with Crippen molar-refractivity contribution < 1.29 is 27.4 Å². The third kappa shape index (κ3) is 10.4. The van der Waals surface area contributed by atoms with Crippen LogP contribution in [0.15, 0.2) is 30.6 Å². The van der Waals surface area contributed by atoms with E-state index < -0.39 is 9.84 Å². The standard InChI is InChI=1S/C31H42N6O6S.4ClH/c1-36-14-10-32-9-3-15-40-27-17-24-25(18-28(27)41-16-4-11-37-12-7-23(8-13-37)44(2,38)39)33-20-34-31(24)35-29-22(19-36)5-6-26-30(29)43-21-42-26;;;;/h5-6,17-18,20,23,32H,3-4,7-16,19,21H2,1-2H3,(H,33,34,35);4*1H. The summed E-state index contributed by atoms with van der Waals surface area (Å²) in [7, 11) is -0.863.